The minimum Gasteiger partial charge on any atom is -0.494 e. The van der Waals surface area contributed by atoms with Crippen molar-refractivity contribution in [2.45, 2.75) is 20.1 Å². The van der Waals surface area contributed by atoms with E-state index >= 15 is 0 Å². The standard InChI is InChI=1S/C18H18N2O4/c1-2-21-15-8-10-16(11-9-15)23-13-18-20-19-17(24-18)12-22-14-6-4-3-5-7-14/h3-11H,2,12-13H2,1H3. The molecular formula is C18H18N2O4. The van der Waals surface area contributed by atoms with E-state index in [1.54, 1.807) is 0 Å². The van der Waals surface area contributed by atoms with Gasteiger partial charge in [0.15, 0.2) is 13.2 Å². The van der Waals surface area contributed by atoms with Crippen molar-refractivity contribution in [1.29, 1.82) is 0 Å². The molecule has 0 radical (unpaired) electrons. The van der Waals surface area contributed by atoms with E-state index in [9.17, 15) is 0 Å². The summed E-state index contributed by atoms with van der Waals surface area (Å²) in [6.07, 6.45) is 0. The number of nitrogens with zero attached hydrogens (tertiary/aromatic N) is 2. The molecule has 3 aromatic rings. The topological polar surface area (TPSA) is 66.6 Å². The Morgan fingerprint density at radius 2 is 1.21 bits per heavy atom. The van der Waals surface area contributed by atoms with Crippen molar-refractivity contribution in [3.05, 3.63) is 66.4 Å². The second-order valence-electron chi connectivity index (χ2n) is 4.88. The van der Waals surface area contributed by atoms with Gasteiger partial charge in [0.25, 0.3) is 11.8 Å². The zero-order valence-corrected chi connectivity index (χ0v) is 13.3. The maximum atomic E-state index is 5.61. The summed E-state index contributed by atoms with van der Waals surface area (Å²) in [5.41, 5.74) is 0. The first-order chi connectivity index (χ1) is 11.8. The van der Waals surface area contributed by atoms with Gasteiger partial charge in [-0.1, -0.05) is 18.2 Å². The van der Waals surface area contributed by atoms with Crippen molar-refractivity contribution in [3.63, 3.8) is 0 Å². The van der Waals surface area contributed by atoms with Crippen molar-refractivity contribution < 1.29 is 18.6 Å². The van der Waals surface area contributed by atoms with Crippen molar-refractivity contribution in [2.24, 2.45) is 0 Å². The third kappa shape index (κ3) is 4.49. The molecule has 2 aromatic carbocycles. The third-order valence-electron chi connectivity index (χ3n) is 3.11. The van der Waals surface area contributed by atoms with Crippen LogP contribution >= 0.6 is 0 Å². The molecule has 0 amide bonds. The molecule has 0 unspecified atom stereocenters. The second-order valence-corrected chi connectivity index (χ2v) is 4.88. The summed E-state index contributed by atoms with van der Waals surface area (Å²) < 4.78 is 22.0. The largest absolute Gasteiger partial charge is 0.494 e. The predicted molar refractivity (Wildman–Crippen MR) is 87.0 cm³/mol. The molecule has 3 rings (SSSR count). The highest BCUT2D eigenvalue weighted by molar-refractivity contribution is 5.31. The van der Waals surface area contributed by atoms with Crippen molar-refractivity contribution >= 4 is 0 Å². The Morgan fingerprint density at radius 1 is 0.708 bits per heavy atom. The van der Waals surface area contributed by atoms with Crippen molar-refractivity contribution in [3.8, 4) is 17.2 Å². The van der Waals surface area contributed by atoms with Crippen LogP contribution < -0.4 is 14.2 Å². The van der Waals surface area contributed by atoms with E-state index in [1.165, 1.54) is 0 Å². The molecule has 0 atom stereocenters. The summed E-state index contributed by atoms with van der Waals surface area (Å²) >= 11 is 0. The van der Waals surface area contributed by atoms with E-state index in [1.807, 2.05) is 61.5 Å². The monoisotopic (exact) mass is 326 g/mol. The van der Waals surface area contributed by atoms with E-state index in [0.717, 1.165) is 11.5 Å². The molecule has 0 aliphatic carbocycles. The SMILES string of the molecule is CCOc1ccc(OCc2nnc(COc3ccccc3)o2)cc1. The fourth-order valence-corrected chi connectivity index (χ4v) is 2.01. The molecule has 0 spiro atoms. The number of benzene rings is 2. The summed E-state index contributed by atoms with van der Waals surface area (Å²) in [6, 6.07) is 16.8. The van der Waals surface area contributed by atoms with Gasteiger partial charge < -0.3 is 18.6 Å². The Labute approximate surface area is 140 Å². The zero-order valence-electron chi connectivity index (χ0n) is 13.3. The van der Waals surface area contributed by atoms with Gasteiger partial charge in [-0.15, -0.1) is 10.2 Å². The molecule has 0 bridgehead atoms. The Balaban J connectivity index is 1.48. The van der Waals surface area contributed by atoms with Crippen LogP contribution in [0.4, 0.5) is 0 Å². The minimum atomic E-state index is 0.201. The molecule has 0 saturated heterocycles. The Bertz CT molecular complexity index is 741. The molecule has 24 heavy (non-hydrogen) atoms. The molecule has 6 heteroatoms. The smallest absolute Gasteiger partial charge is 0.254 e. The molecule has 6 nitrogen and oxygen atoms in total. The molecule has 0 N–H and O–H groups in total. The molecule has 0 aliphatic heterocycles. The maximum absolute atomic E-state index is 5.61. The lowest BCUT2D eigenvalue weighted by molar-refractivity contribution is 0.231. The molecular weight excluding hydrogens is 308 g/mol. The average Bonchev–Trinajstić information content (AvgIpc) is 3.09. The van der Waals surface area contributed by atoms with Crippen LogP contribution in [0.5, 0.6) is 17.2 Å². The van der Waals surface area contributed by atoms with Crippen molar-refractivity contribution in [2.75, 3.05) is 6.61 Å². The van der Waals surface area contributed by atoms with Crippen LogP contribution in [-0.4, -0.2) is 16.8 Å². The van der Waals surface area contributed by atoms with Gasteiger partial charge in [0.1, 0.15) is 17.2 Å². The molecule has 0 saturated carbocycles. The van der Waals surface area contributed by atoms with Gasteiger partial charge in [-0.3, -0.25) is 0 Å². The average molecular weight is 326 g/mol. The number of ether oxygens (including phenoxy) is 3. The first-order valence-electron chi connectivity index (χ1n) is 7.68. The van der Waals surface area contributed by atoms with Crippen LogP contribution in [0.3, 0.4) is 0 Å². The number of hydrogen-bond donors (Lipinski definition) is 0. The van der Waals surface area contributed by atoms with E-state index in [4.69, 9.17) is 18.6 Å². The van der Waals surface area contributed by atoms with Crippen LogP contribution in [0.2, 0.25) is 0 Å². The summed E-state index contributed by atoms with van der Waals surface area (Å²) in [4.78, 5) is 0. The molecule has 0 aliphatic rings. The Kier molecular flexibility index (Phi) is 5.29. The lowest BCUT2D eigenvalue weighted by atomic mass is 10.3. The van der Waals surface area contributed by atoms with Gasteiger partial charge >= 0.3 is 0 Å². The summed E-state index contributed by atoms with van der Waals surface area (Å²) in [7, 11) is 0. The minimum absolute atomic E-state index is 0.201. The fraction of sp³-hybridized carbons (Fsp3) is 0.222. The van der Waals surface area contributed by atoms with Gasteiger partial charge in [-0.05, 0) is 43.3 Å². The van der Waals surface area contributed by atoms with Gasteiger partial charge in [0, 0.05) is 0 Å². The zero-order chi connectivity index (χ0) is 16.6. The highest BCUT2D eigenvalue weighted by atomic mass is 16.5. The lowest BCUT2D eigenvalue weighted by Crippen LogP contribution is -1.96. The molecule has 1 aromatic heterocycles. The quantitative estimate of drug-likeness (QED) is 0.630. The fourth-order valence-electron chi connectivity index (χ4n) is 2.01. The first-order valence-corrected chi connectivity index (χ1v) is 7.68. The van der Waals surface area contributed by atoms with Gasteiger partial charge in [0.2, 0.25) is 0 Å². The second kappa shape index (κ2) is 8.01. The number of aromatic nitrogens is 2. The first kappa shape index (κ1) is 15.9. The summed E-state index contributed by atoms with van der Waals surface area (Å²) in [5, 5.41) is 7.88. The van der Waals surface area contributed by atoms with Gasteiger partial charge in [0.05, 0.1) is 6.61 Å². The maximum Gasteiger partial charge on any atom is 0.254 e. The van der Waals surface area contributed by atoms with E-state index in [2.05, 4.69) is 10.2 Å². The Hall–Kier alpha value is -3.02. The van der Waals surface area contributed by atoms with E-state index in [0.29, 0.717) is 24.1 Å². The summed E-state index contributed by atoms with van der Waals surface area (Å²) in [5.74, 6) is 3.07. The molecule has 1 heterocycles. The highest BCUT2D eigenvalue weighted by Crippen LogP contribution is 2.18. The van der Waals surface area contributed by atoms with E-state index in [-0.39, 0.29) is 13.2 Å². The van der Waals surface area contributed by atoms with Crippen LogP contribution in [0, 0.1) is 0 Å². The lowest BCUT2D eigenvalue weighted by Gasteiger charge is -2.05. The number of hydrogen-bond acceptors (Lipinski definition) is 6. The van der Waals surface area contributed by atoms with Crippen LogP contribution in [0.1, 0.15) is 18.7 Å². The predicted octanol–water partition coefficient (Wildman–Crippen LogP) is 3.63. The normalized spacial score (nSPS) is 10.4. The van der Waals surface area contributed by atoms with Gasteiger partial charge in [-0.25, -0.2) is 0 Å². The van der Waals surface area contributed by atoms with Crippen LogP contribution in [0.25, 0.3) is 0 Å². The number of rotatable bonds is 8. The van der Waals surface area contributed by atoms with E-state index < -0.39 is 0 Å². The Morgan fingerprint density at radius 3 is 1.75 bits per heavy atom. The van der Waals surface area contributed by atoms with Crippen LogP contribution in [0.15, 0.2) is 59.0 Å². The van der Waals surface area contributed by atoms with Crippen molar-refractivity contribution in [1.82, 2.24) is 10.2 Å². The molecule has 124 valence electrons. The highest BCUT2D eigenvalue weighted by Gasteiger charge is 2.08. The summed E-state index contributed by atoms with van der Waals surface area (Å²) in [6.45, 7) is 3.00. The molecule has 0 fully saturated rings. The van der Waals surface area contributed by atoms with Gasteiger partial charge in [-0.2, -0.15) is 0 Å². The van der Waals surface area contributed by atoms with Crippen LogP contribution in [-0.2, 0) is 13.2 Å². The third-order valence-corrected chi connectivity index (χ3v) is 3.11. The number of para-hydroxylation sites is 1.